The van der Waals surface area contributed by atoms with Gasteiger partial charge in [-0.1, -0.05) is 0 Å². The standard InChI is InChI=1S/C2H5.2CH3.FH.Sn/c1-2;;;;/h1H2,2H3;2*1H3;1H;/q;;;;+1/p-1. The summed E-state index contributed by atoms with van der Waals surface area (Å²) in [5.74, 6) is 0. The molecule has 0 aromatic carbocycles. The second-order valence-electron chi connectivity index (χ2n) is 2.07. The van der Waals surface area contributed by atoms with E-state index in [1.54, 1.807) is 9.88 Å². The third-order valence-corrected chi connectivity index (χ3v) is 5.64. The molecule has 0 aromatic heterocycles. The van der Waals surface area contributed by atoms with E-state index in [1.807, 2.05) is 6.92 Å². The van der Waals surface area contributed by atoms with Crippen LogP contribution in [-0.2, 0) is 0 Å². The Labute approximate surface area is 43.4 Å². The fourth-order valence-corrected chi connectivity index (χ4v) is 0. The summed E-state index contributed by atoms with van der Waals surface area (Å²) in [6.07, 6.45) is 0. The zero-order chi connectivity index (χ0) is 5.21. The maximum absolute atomic E-state index is 12.3. The Balaban J connectivity index is 3.17. The molecule has 0 radical (unpaired) electrons. The third-order valence-electron chi connectivity index (χ3n) is 0.841. The van der Waals surface area contributed by atoms with Gasteiger partial charge in [-0.05, 0) is 0 Å². The van der Waals surface area contributed by atoms with Gasteiger partial charge >= 0.3 is 43.1 Å². The van der Waals surface area contributed by atoms with Crippen LogP contribution in [0.15, 0.2) is 0 Å². The molecule has 0 bridgehead atoms. The SMILES string of the molecule is C[CH2][Sn]([CH3])([CH3])[F]. The van der Waals surface area contributed by atoms with E-state index in [4.69, 9.17) is 0 Å². The van der Waals surface area contributed by atoms with Crippen molar-refractivity contribution in [1.82, 2.24) is 0 Å². The van der Waals surface area contributed by atoms with Crippen LogP contribution in [0.4, 0.5) is 2.87 Å². The van der Waals surface area contributed by atoms with E-state index in [2.05, 4.69) is 0 Å². The van der Waals surface area contributed by atoms with Crippen molar-refractivity contribution in [3.8, 4) is 0 Å². The zero-order valence-electron chi connectivity index (χ0n) is 4.59. The van der Waals surface area contributed by atoms with Crippen molar-refractivity contribution in [3.05, 3.63) is 0 Å². The Morgan fingerprint density at radius 1 is 1.50 bits per heavy atom. The molecule has 2 heteroatoms. The molecule has 0 aliphatic carbocycles. The molecule has 0 aromatic rings. The number of halogens is 1. The summed E-state index contributed by atoms with van der Waals surface area (Å²) in [5.41, 5.74) is 0. The molecule has 0 aliphatic heterocycles. The molecule has 38 valence electrons. The van der Waals surface area contributed by atoms with Crippen molar-refractivity contribution in [1.29, 1.82) is 0 Å². The normalized spacial score (nSPS) is 12.0. The van der Waals surface area contributed by atoms with Crippen molar-refractivity contribution in [2.75, 3.05) is 0 Å². The van der Waals surface area contributed by atoms with Gasteiger partial charge in [-0.3, -0.25) is 0 Å². The molecule has 0 saturated heterocycles. The maximum atomic E-state index is 12.3. The Morgan fingerprint density at radius 3 is 1.67 bits per heavy atom. The zero-order valence-corrected chi connectivity index (χ0v) is 7.44. The predicted octanol–water partition coefficient (Wildman–Crippen LogP) is 2.18. The van der Waals surface area contributed by atoms with Crippen LogP contribution in [0.1, 0.15) is 6.92 Å². The molecule has 0 fully saturated rings. The van der Waals surface area contributed by atoms with Gasteiger partial charge in [0.05, 0.1) is 0 Å². The van der Waals surface area contributed by atoms with E-state index in [0.717, 1.165) is 4.44 Å². The van der Waals surface area contributed by atoms with Gasteiger partial charge < -0.3 is 0 Å². The molecule has 0 saturated carbocycles. The first-order valence-electron chi connectivity index (χ1n) is 2.25. The molecular formula is C4H11FSn. The van der Waals surface area contributed by atoms with Crippen molar-refractivity contribution in [3.63, 3.8) is 0 Å². The summed E-state index contributed by atoms with van der Waals surface area (Å²) in [7, 11) is 0. The third kappa shape index (κ3) is 4.73. The average Bonchev–Trinajstić information content (AvgIpc) is 1.35. The molecule has 0 nitrogen and oxygen atoms in total. The first kappa shape index (κ1) is 6.73. The summed E-state index contributed by atoms with van der Waals surface area (Å²) < 4.78 is 13.1. The molecule has 0 atom stereocenters. The van der Waals surface area contributed by atoms with Gasteiger partial charge in [0.2, 0.25) is 0 Å². The van der Waals surface area contributed by atoms with E-state index in [9.17, 15) is 2.87 Å². The minimum atomic E-state index is -2.73. The summed E-state index contributed by atoms with van der Waals surface area (Å²) in [6, 6.07) is 0. The Bertz CT molecular complexity index is 37.3. The number of rotatable bonds is 1. The van der Waals surface area contributed by atoms with Crippen LogP contribution < -0.4 is 0 Å². The molecule has 0 unspecified atom stereocenters. The van der Waals surface area contributed by atoms with Gasteiger partial charge in [-0.15, -0.1) is 0 Å². The van der Waals surface area contributed by atoms with Crippen molar-refractivity contribution < 1.29 is 2.87 Å². The molecular weight excluding hydrogens is 186 g/mol. The monoisotopic (exact) mass is 198 g/mol. The molecule has 0 N–H and O–H groups in total. The second-order valence-corrected chi connectivity index (χ2v) is 13.9. The second kappa shape index (κ2) is 2.14. The van der Waals surface area contributed by atoms with Crippen LogP contribution in [0.3, 0.4) is 0 Å². The summed E-state index contributed by atoms with van der Waals surface area (Å²) in [5, 5.41) is 0. The summed E-state index contributed by atoms with van der Waals surface area (Å²) >= 11 is -2.73. The van der Waals surface area contributed by atoms with Crippen LogP contribution in [0, 0.1) is 0 Å². The average molecular weight is 197 g/mol. The Kier molecular flexibility index (Phi) is 2.40. The molecule has 0 heterocycles. The topological polar surface area (TPSA) is 0 Å². The fourth-order valence-electron chi connectivity index (χ4n) is 0. The summed E-state index contributed by atoms with van der Waals surface area (Å²) in [6.45, 7) is 1.93. The van der Waals surface area contributed by atoms with Crippen molar-refractivity contribution >= 4 is 18.9 Å². The van der Waals surface area contributed by atoms with Crippen LogP contribution in [0.5, 0.6) is 0 Å². The van der Waals surface area contributed by atoms with E-state index in [1.165, 1.54) is 0 Å². The van der Waals surface area contributed by atoms with Crippen LogP contribution in [0.25, 0.3) is 0 Å². The minimum absolute atomic E-state index is 0.814. The van der Waals surface area contributed by atoms with Gasteiger partial charge in [0.15, 0.2) is 0 Å². The van der Waals surface area contributed by atoms with E-state index < -0.39 is 18.9 Å². The fraction of sp³-hybridized carbons (Fsp3) is 1.00. The van der Waals surface area contributed by atoms with Crippen molar-refractivity contribution in [2.24, 2.45) is 0 Å². The number of hydrogen-bond acceptors (Lipinski definition) is 0. The van der Waals surface area contributed by atoms with Crippen LogP contribution >= 0.6 is 0 Å². The predicted molar refractivity (Wildman–Crippen MR) is 29.1 cm³/mol. The van der Waals surface area contributed by atoms with Gasteiger partial charge in [-0.25, -0.2) is 0 Å². The molecule has 0 spiro atoms. The van der Waals surface area contributed by atoms with E-state index in [-0.39, 0.29) is 0 Å². The quantitative estimate of drug-likeness (QED) is 0.565. The molecule has 0 aliphatic rings. The summed E-state index contributed by atoms with van der Waals surface area (Å²) in [4.78, 5) is 3.57. The molecule has 0 rings (SSSR count). The first-order chi connectivity index (χ1) is 2.56. The van der Waals surface area contributed by atoms with Crippen LogP contribution in [-0.4, -0.2) is 18.9 Å². The van der Waals surface area contributed by atoms with Gasteiger partial charge in [-0.2, -0.15) is 0 Å². The van der Waals surface area contributed by atoms with Gasteiger partial charge in [0.25, 0.3) is 0 Å². The number of hydrogen-bond donors (Lipinski definition) is 0. The molecule has 6 heavy (non-hydrogen) atoms. The van der Waals surface area contributed by atoms with E-state index >= 15 is 0 Å². The van der Waals surface area contributed by atoms with E-state index in [0.29, 0.717) is 0 Å². The van der Waals surface area contributed by atoms with Gasteiger partial charge in [0.1, 0.15) is 0 Å². The molecule has 0 amide bonds. The van der Waals surface area contributed by atoms with Crippen molar-refractivity contribution in [2.45, 2.75) is 21.2 Å². The van der Waals surface area contributed by atoms with Crippen LogP contribution in [0.2, 0.25) is 14.3 Å². The van der Waals surface area contributed by atoms with Gasteiger partial charge in [0, 0.05) is 0 Å². The first-order valence-corrected chi connectivity index (χ1v) is 11.1. The Morgan fingerprint density at radius 2 is 1.67 bits per heavy atom. The Hall–Kier alpha value is 0.729.